The fourth-order valence-corrected chi connectivity index (χ4v) is 4.35. The molecule has 2 atom stereocenters. The molecule has 2 unspecified atom stereocenters. The van der Waals surface area contributed by atoms with Crippen LogP contribution in [0.2, 0.25) is 0 Å². The SMILES string of the molecule is O=C1CC2CCC(C1)N2C1Cc2ccccc2C1. The highest BCUT2D eigenvalue weighted by molar-refractivity contribution is 5.81. The number of piperidine rings is 1. The van der Waals surface area contributed by atoms with Gasteiger partial charge in [0.2, 0.25) is 0 Å². The van der Waals surface area contributed by atoms with Crippen molar-refractivity contribution in [2.45, 2.75) is 56.7 Å². The van der Waals surface area contributed by atoms with Crippen molar-refractivity contribution >= 4 is 5.78 Å². The fraction of sp³-hybridized carbons (Fsp3) is 0.562. The van der Waals surface area contributed by atoms with Crippen LogP contribution in [0.3, 0.4) is 0 Å². The summed E-state index contributed by atoms with van der Waals surface area (Å²) in [6, 6.07) is 10.6. The van der Waals surface area contributed by atoms with E-state index in [-0.39, 0.29) is 0 Å². The predicted octanol–water partition coefficient (Wildman–Crippen LogP) is 2.35. The molecule has 0 aromatic heterocycles. The molecule has 2 fully saturated rings. The van der Waals surface area contributed by atoms with Gasteiger partial charge in [-0.05, 0) is 36.8 Å². The van der Waals surface area contributed by atoms with Gasteiger partial charge < -0.3 is 0 Å². The van der Waals surface area contributed by atoms with Crippen LogP contribution in [0.4, 0.5) is 0 Å². The molecule has 1 aromatic rings. The molecule has 0 spiro atoms. The van der Waals surface area contributed by atoms with E-state index >= 15 is 0 Å². The standard InChI is InChI=1S/C16H19NO/c18-16-9-13-5-6-14(10-16)17(13)15-7-11-3-1-2-4-12(11)8-15/h1-4,13-15H,5-10H2. The molecule has 4 rings (SSSR count). The van der Waals surface area contributed by atoms with Crippen molar-refractivity contribution in [3.63, 3.8) is 0 Å². The van der Waals surface area contributed by atoms with Crippen molar-refractivity contribution in [3.05, 3.63) is 35.4 Å². The Morgan fingerprint density at radius 1 is 0.833 bits per heavy atom. The molecule has 2 bridgehead atoms. The molecule has 2 saturated heterocycles. The fourth-order valence-electron chi connectivity index (χ4n) is 4.35. The van der Waals surface area contributed by atoms with Crippen LogP contribution < -0.4 is 0 Å². The molecule has 18 heavy (non-hydrogen) atoms. The van der Waals surface area contributed by atoms with Gasteiger partial charge in [0.05, 0.1) is 0 Å². The van der Waals surface area contributed by atoms with Gasteiger partial charge in [-0.2, -0.15) is 0 Å². The van der Waals surface area contributed by atoms with Gasteiger partial charge in [0.25, 0.3) is 0 Å². The van der Waals surface area contributed by atoms with Crippen LogP contribution in [0.5, 0.6) is 0 Å². The van der Waals surface area contributed by atoms with Crippen LogP contribution in [0, 0.1) is 0 Å². The summed E-state index contributed by atoms with van der Waals surface area (Å²) in [5.41, 5.74) is 3.05. The predicted molar refractivity (Wildman–Crippen MR) is 70.5 cm³/mol. The van der Waals surface area contributed by atoms with E-state index < -0.39 is 0 Å². The molecule has 2 heteroatoms. The number of hydrogen-bond donors (Lipinski definition) is 0. The van der Waals surface area contributed by atoms with Gasteiger partial charge in [-0.3, -0.25) is 9.69 Å². The van der Waals surface area contributed by atoms with Gasteiger partial charge in [-0.25, -0.2) is 0 Å². The summed E-state index contributed by atoms with van der Waals surface area (Å²) >= 11 is 0. The number of hydrogen-bond acceptors (Lipinski definition) is 2. The molecule has 1 aliphatic carbocycles. The van der Waals surface area contributed by atoms with Gasteiger partial charge in [0, 0.05) is 31.0 Å². The zero-order valence-corrected chi connectivity index (χ0v) is 10.6. The zero-order chi connectivity index (χ0) is 12.1. The van der Waals surface area contributed by atoms with Gasteiger partial charge in [0.1, 0.15) is 5.78 Å². The highest BCUT2D eigenvalue weighted by atomic mass is 16.1. The maximum absolute atomic E-state index is 11.7. The summed E-state index contributed by atoms with van der Waals surface area (Å²) < 4.78 is 0. The zero-order valence-electron chi connectivity index (χ0n) is 10.6. The van der Waals surface area contributed by atoms with Crippen molar-refractivity contribution in [3.8, 4) is 0 Å². The third kappa shape index (κ3) is 1.55. The summed E-state index contributed by atoms with van der Waals surface area (Å²) in [4.78, 5) is 14.4. The maximum atomic E-state index is 11.7. The van der Waals surface area contributed by atoms with Crippen LogP contribution in [0.15, 0.2) is 24.3 Å². The van der Waals surface area contributed by atoms with Crippen molar-refractivity contribution in [1.29, 1.82) is 0 Å². The number of ketones is 1. The number of fused-ring (bicyclic) bond motifs is 3. The number of nitrogens with zero attached hydrogens (tertiary/aromatic N) is 1. The first-order chi connectivity index (χ1) is 8.81. The Morgan fingerprint density at radius 3 is 1.94 bits per heavy atom. The molecule has 94 valence electrons. The Morgan fingerprint density at radius 2 is 1.39 bits per heavy atom. The molecule has 2 heterocycles. The molecule has 2 nitrogen and oxygen atoms in total. The normalized spacial score (nSPS) is 31.9. The van der Waals surface area contributed by atoms with Gasteiger partial charge in [-0.15, -0.1) is 0 Å². The minimum absolute atomic E-state index is 0.495. The van der Waals surface area contributed by atoms with Crippen molar-refractivity contribution in [2.24, 2.45) is 0 Å². The Bertz CT molecular complexity index is 455. The van der Waals surface area contributed by atoms with Crippen molar-refractivity contribution in [2.75, 3.05) is 0 Å². The maximum Gasteiger partial charge on any atom is 0.136 e. The summed E-state index contributed by atoms with van der Waals surface area (Å²) in [6.07, 6.45) is 6.48. The van der Waals surface area contributed by atoms with Crippen LogP contribution in [0.25, 0.3) is 0 Å². The lowest BCUT2D eigenvalue weighted by atomic mass is 9.98. The van der Waals surface area contributed by atoms with Crippen molar-refractivity contribution < 1.29 is 4.79 Å². The molecule has 0 saturated carbocycles. The van der Waals surface area contributed by atoms with E-state index in [4.69, 9.17) is 0 Å². The molecule has 1 aromatic carbocycles. The quantitative estimate of drug-likeness (QED) is 0.752. The molecule has 0 N–H and O–H groups in total. The van der Waals surface area contributed by atoms with E-state index in [2.05, 4.69) is 29.2 Å². The third-order valence-electron chi connectivity index (χ3n) is 5.05. The van der Waals surface area contributed by atoms with Gasteiger partial charge >= 0.3 is 0 Å². The first-order valence-corrected chi connectivity index (χ1v) is 7.17. The molecular formula is C16H19NO. The Labute approximate surface area is 108 Å². The minimum atomic E-state index is 0.495. The second kappa shape index (κ2) is 3.92. The molecule has 0 amide bonds. The number of carbonyl (C=O) groups excluding carboxylic acids is 1. The Kier molecular flexibility index (Phi) is 2.34. The molecule has 0 radical (unpaired) electrons. The first kappa shape index (κ1) is 10.7. The first-order valence-electron chi connectivity index (χ1n) is 7.17. The highest BCUT2D eigenvalue weighted by Gasteiger charge is 2.44. The monoisotopic (exact) mass is 241 g/mol. The third-order valence-corrected chi connectivity index (χ3v) is 5.05. The number of Topliss-reactive ketones (excluding diaryl/α,β-unsaturated/α-hetero) is 1. The lowest BCUT2D eigenvalue weighted by molar-refractivity contribution is -0.124. The van der Waals surface area contributed by atoms with E-state index in [0.29, 0.717) is 23.9 Å². The van der Waals surface area contributed by atoms with Crippen LogP contribution in [-0.4, -0.2) is 28.8 Å². The molecular weight excluding hydrogens is 222 g/mol. The summed E-state index contributed by atoms with van der Waals surface area (Å²) in [5.74, 6) is 0.495. The van der Waals surface area contributed by atoms with Crippen LogP contribution in [0.1, 0.15) is 36.8 Å². The average molecular weight is 241 g/mol. The van der Waals surface area contributed by atoms with E-state index in [9.17, 15) is 4.79 Å². The lowest BCUT2D eigenvalue weighted by Gasteiger charge is -2.38. The summed E-state index contributed by atoms with van der Waals surface area (Å²) in [7, 11) is 0. The minimum Gasteiger partial charge on any atom is -0.300 e. The lowest BCUT2D eigenvalue weighted by Crippen LogP contribution is -2.49. The largest absolute Gasteiger partial charge is 0.300 e. The Hall–Kier alpha value is -1.15. The topological polar surface area (TPSA) is 20.3 Å². The number of rotatable bonds is 1. The summed E-state index contributed by atoms with van der Waals surface area (Å²) in [5, 5.41) is 0. The highest BCUT2D eigenvalue weighted by Crippen LogP contribution is 2.39. The van der Waals surface area contributed by atoms with Gasteiger partial charge in [0.15, 0.2) is 0 Å². The molecule has 2 aliphatic heterocycles. The van der Waals surface area contributed by atoms with E-state index in [0.717, 1.165) is 12.8 Å². The average Bonchev–Trinajstić information content (AvgIpc) is 2.88. The number of benzene rings is 1. The second-order valence-corrected chi connectivity index (χ2v) is 6.11. The van der Waals surface area contributed by atoms with E-state index in [1.54, 1.807) is 0 Å². The van der Waals surface area contributed by atoms with Crippen LogP contribution in [-0.2, 0) is 17.6 Å². The second-order valence-electron chi connectivity index (χ2n) is 6.11. The van der Waals surface area contributed by atoms with E-state index in [1.807, 2.05) is 0 Å². The van der Waals surface area contributed by atoms with Crippen molar-refractivity contribution in [1.82, 2.24) is 4.90 Å². The van der Waals surface area contributed by atoms with Crippen LogP contribution >= 0.6 is 0 Å². The molecule has 3 aliphatic rings. The number of carbonyl (C=O) groups is 1. The summed E-state index contributed by atoms with van der Waals surface area (Å²) in [6.45, 7) is 0. The smallest absolute Gasteiger partial charge is 0.136 e. The van der Waals surface area contributed by atoms with Gasteiger partial charge in [-0.1, -0.05) is 24.3 Å². The Balaban J connectivity index is 1.58. The van der Waals surface area contributed by atoms with E-state index in [1.165, 1.54) is 36.8 Å².